The molecule has 3 N–H and O–H groups in total. The summed E-state index contributed by atoms with van der Waals surface area (Å²) in [6, 6.07) is 3.00. The summed E-state index contributed by atoms with van der Waals surface area (Å²) in [5, 5.41) is 26.6. The number of nitrogens with zero attached hydrogens (tertiary/aromatic N) is 3. The van der Waals surface area contributed by atoms with Crippen LogP contribution >= 0.6 is 0 Å². The van der Waals surface area contributed by atoms with Gasteiger partial charge in [-0.25, -0.2) is 9.59 Å². The molecule has 14 nitrogen and oxygen atoms in total. The van der Waals surface area contributed by atoms with Gasteiger partial charge in [-0.15, -0.1) is 0 Å². The second-order valence-corrected chi connectivity index (χ2v) is 7.61. The molecule has 1 aromatic rings. The highest BCUT2D eigenvalue weighted by molar-refractivity contribution is 6.41. The van der Waals surface area contributed by atoms with E-state index >= 15 is 0 Å². The molecule has 1 aliphatic heterocycles. The molecular formula is C19H18N6O8. The van der Waals surface area contributed by atoms with Gasteiger partial charge in [-0.2, -0.15) is 10.5 Å². The van der Waals surface area contributed by atoms with E-state index in [9.17, 15) is 29.8 Å². The fourth-order valence-electron chi connectivity index (χ4n) is 4.50. The van der Waals surface area contributed by atoms with Crippen molar-refractivity contribution in [1.82, 2.24) is 10.9 Å². The van der Waals surface area contributed by atoms with E-state index in [4.69, 9.17) is 9.47 Å². The predicted octanol–water partition coefficient (Wildman–Crippen LogP) is 0.923. The molecule has 33 heavy (non-hydrogen) atoms. The van der Waals surface area contributed by atoms with Crippen LogP contribution < -0.4 is 16.3 Å². The first-order valence-corrected chi connectivity index (χ1v) is 9.53. The first kappa shape index (κ1) is 21.9. The fraction of sp³-hybridized carbons (Fsp3) is 0.316. The van der Waals surface area contributed by atoms with Gasteiger partial charge in [-0.1, -0.05) is 24.3 Å². The van der Waals surface area contributed by atoms with Gasteiger partial charge >= 0.3 is 17.6 Å². The number of hydrogen-bond donors (Lipinski definition) is 3. The maximum absolute atomic E-state index is 13.0. The van der Waals surface area contributed by atoms with Gasteiger partial charge in [-0.3, -0.25) is 25.7 Å². The lowest BCUT2D eigenvalue weighted by molar-refractivity contribution is -0.393. The Labute approximate surface area is 185 Å². The monoisotopic (exact) mass is 458 g/mol. The number of ether oxygens (including phenoxy) is 2. The van der Waals surface area contributed by atoms with E-state index in [1.165, 1.54) is 7.11 Å². The maximum Gasteiger partial charge on any atom is 0.355 e. The van der Waals surface area contributed by atoms with E-state index < -0.39 is 49.7 Å². The Balaban J connectivity index is 1.76. The number of nitro groups is 2. The Morgan fingerprint density at radius 3 is 2.48 bits per heavy atom. The molecule has 172 valence electrons. The third-order valence-corrected chi connectivity index (χ3v) is 6.17. The number of methoxy groups -OCH3 is 2. The van der Waals surface area contributed by atoms with Gasteiger partial charge < -0.3 is 14.9 Å². The second-order valence-electron chi connectivity index (χ2n) is 7.61. The number of carbonyl (C=O) groups is 2. The number of hydrazone groups is 1. The lowest BCUT2D eigenvalue weighted by Gasteiger charge is -2.43. The Morgan fingerprint density at radius 2 is 1.85 bits per heavy atom. The summed E-state index contributed by atoms with van der Waals surface area (Å²) in [7, 11) is 2.37. The fourth-order valence-corrected chi connectivity index (χ4v) is 4.50. The summed E-state index contributed by atoms with van der Waals surface area (Å²) in [4.78, 5) is 46.3. The zero-order valence-corrected chi connectivity index (χ0v) is 17.4. The molecule has 0 amide bonds. The van der Waals surface area contributed by atoms with E-state index in [1.807, 2.05) is 0 Å². The van der Waals surface area contributed by atoms with Crippen molar-refractivity contribution in [3.8, 4) is 0 Å². The van der Waals surface area contributed by atoms with Crippen molar-refractivity contribution >= 4 is 34.7 Å². The van der Waals surface area contributed by atoms with Gasteiger partial charge in [0.1, 0.15) is 5.69 Å². The minimum Gasteiger partial charge on any atom is -0.466 e. The molecule has 1 fully saturated rings. The van der Waals surface area contributed by atoms with Crippen LogP contribution in [0.15, 0.2) is 47.6 Å². The van der Waals surface area contributed by atoms with Gasteiger partial charge in [-0.05, 0) is 12.5 Å². The summed E-state index contributed by atoms with van der Waals surface area (Å²) in [5.41, 5.74) is 3.00. The van der Waals surface area contributed by atoms with Gasteiger partial charge in [0.2, 0.25) is 5.66 Å². The number of anilines is 1. The number of hydrogen-bond acceptors (Lipinski definition) is 12. The van der Waals surface area contributed by atoms with Crippen molar-refractivity contribution in [1.29, 1.82) is 0 Å². The zero-order chi connectivity index (χ0) is 24.0. The molecule has 0 spiro atoms. The SMILES string of the molecule is COC(=O)C1=NN[C@@](NNc2ccc([N+](=O)[O-])cc2[N+](=O)[O-])(C(=O)OC)[C@@]23C=CC=C[C@@]12C3. The normalized spacial score (nSPS) is 28.4. The Morgan fingerprint density at radius 1 is 1.12 bits per heavy atom. The number of carbonyl (C=O) groups excluding carboxylic acids is 2. The number of esters is 2. The molecule has 14 heteroatoms. The topological polar surface area (TPSA) is 187 Å². The first-order valence-electron chi connectivity index (χ1n) is 9.53. The standard InChI is InChI=1S/C19H18N6O8/c1-32-15(26)14-17-7-3-4-8-18(17,10-17)19(23-21-14,16(27)33-2)22-20-12-6-5-11(24(28)29)9-13(12)25(30)31/h3-9,20,22-23H,10H2,1-2H3/t17-,18-,19+/m1/s1. The first-order chi connectivity index (χ1) is 15.7. The number of rotatable bonds is 7. The summed E-state index contributed by atoms with van der Waals surface area (Å²) in [6.45, 7) is 0. The van der Waals surface area contributed by atoms with Crippen LogP contribution in [0.1, 0.15) is 6.42 Å². The molecular weight excluding hydrogens is 440 g/mol. The molecule has 2 aliphatic carbocycles. The number of non-ortho nitro benzene ring substituents is 1. The van der Waals surface area contributed by atoms with E-state index in [-0.39, 0.29) is 17.8 Å². The minimum atomic E-state index is -1.80. The van der Waals surface area contributed by atoms with Crippen molar-refractivity contribution < 1.29 is 28.9 Å². The number of benzene rings is 1. The average Bonchev–Trinajstić information content (AvgIpc) is 3.53. The van der Waals surface area contributed by atoms with Crippen LogP contribution in [0, 0.1) is 31.1 Å². The van der Waals surface area contributed by atoms with Gasteiger partial charge in [0.25, 0.3) is 5.69 Å². The summed E-state index contributed by atoms with van der Waals surface area (Å²) in [6.07, 6.45) is 7.14. The molecule has 0 bridgehead atoms. The highest BCUT2D eigenvalue weighted by atomic mass is 16.6. The Hall–Kier alpha value is -4.33. The number of nitrogens with one attached hydrogen (secondary N) is 3. The molecule has 3 atom stereocenters. The number of allylic oxidation sites excluding steroid dienone is 3. The molecule has 0 radical (unpaired) electrons. The lowest BCUT2D eigenvalue weighted by Crippen LogP contribution is -2.71. The highest BCUT2D eigenvalue weighted by Gasteiger charge is 2.82. The minimum absolute atomic E-state index is 0.0632. The van der Waals surface area contributed by atoms with Gasteiger partial charge in [0.15, 0.2) is 5.71 Å². The molecule has 0 aromatic heterocycles. The second kappa shape index (κ2) is 7.37. The number of hydrazine groups is 1. The molecule has 1 aromatic carbocycles. The summed E-state index contributed by atoms with van der Waals surface area (Å²) < 4.78 is 9.83. The average molecular weight is 458 g/mol. The molecule has 0 saturated heterocycles. The van der Waals surface area contributed by atoms with E-state index in [2.05, 4.69) is 21.4 Å². The molecule has 1 saturated carbocycles. The van der Waals surface area contributed by atoms with E-state index in [0.29, 0.717) is 0 Å². The van der Waals surface area contributed by atoms with Gasteiger partial charge in [0.05, 0.1) is 41.0 Å². The predicted molar refractivity (Wildman–Crippen MR) is 112 cm³/mol. The van der Waals surface area contributed by atoms with Crippen molar-refractivity contribution in [3.05, 3.63) is 62.7 Å². The van der Waals surface area contributed by atoms with Crippen molar-refractivity contribution in [2.24, 2.45) is 15.9 Å². The van der Waals surface area contributed by atoms with E-state index in [0.717, 1.165) is 25.3 Å². The lowest BCUT2D eigenvalue weighted by atomic mass is 9.75. The van der Waals surface area contributed by atoms with E-state index in [1.54, 1.807) is 24.3 Å². The molecule has 0 unspecified atom stereocenters. The zero-order valence-electron chi connectivity index (χ0n) is 17.4. The van der Waals surface area contributed by atoms with Crippen molar-refractivity contribution in [2.45, 2.75) is 12.1 Å². The van der Waals surface area contributed by atoms with Crippen LogP contribution in [0.25, 0.3) is 0 Å². The Kier molecular flexibility index (Phi) is 4.89. The quantitative estimate of drug-likeness (QED) is 0.299. The van der Waals surface area contributed by atoms with Crippen molar-refractivity contribution in [2.75, 3.05) is 19.6 Å². The Bertz CT molecular complexity index is 1180. The smallest absolute Gasteiger partial charge is 0.355 e. The molecule has 1 heterocycles. The largest absolute Gasteiger partial charge is 0.466 e. The highest BCUT2D eigenvalue weighted by Crippen LogP contribution is 2.73. The van der Waals surface area contributed by atoms with Crippen molar-refractivity contribution in [3.63, 3.8) is 0 Å². The maximum atomic E-state index is 13.0. The van der Waals surface area contributed by atoms with Crippen LogP contribution in [0.3, 0.4) is 0 Å². The van der Waals surface area contributed by atoms with Gasteiger partial charge in [0, 0.05) is 6.07 Å². The van der Waals surface area contributed by atoms with Crippen LogP contribution in [-0.4, -0.2) is 47.4 Å². The van der Waals surface area contributed by atoms with Crippen LogP contribution in [0.5, 0.6) is 0 Å². The third-order valence-electron chi connectivity index (χ3n) is 6.17. The van der Waals surface area contributed by atoms with Crippen LogP contribution in [0.4, 0.5) is 17.1 Å². The molecule has 4 rings (SSSR count). The third kappa shape index (κ3) is 2.87. The summed E-state index contributed by atoms with van der Waals surface area (Å²) in [5.74, 6) is -1.49. The molecule has 3 aliphatic rings. The van der Waals surface area contributed by atoms with Crippen LogP contribution in [-0.2, 0) is 19.1 Å². The summed E-state index contributed by atoms with van der Waals surface area (Å²) >= 11 is 0. The number of nitro benzene ring substituents is 2. The van der Waals surface area contributed by atoms with Crippen LogP contribution in [0.2, 0.25) is 0 Å².